The molecule has 0 aliphatic carbocycles. The van der Waals surface area contributed by atoms with Gasteiger partial charge in [0.25, 0.3) is 5.91 Å². The summed E-state index contributed by atoms with van der Waals surface area (Å²) in [4.78, 5) is 27.6. The van der Waals surface area contributed by atoms with E-state index in [4.69, 9.17) is 16.3 Å². The van der Waals surface area contributed by atoms with Crippen molar-refractivity contribution in [3.05, 3.63) is 64.8 Å². The van der Waals surface area contributed by atoms with Crippen LogP contribution < -0.4 is 4.74 Å². The molecule has 1 saturated heterocycles. The molecule has 29 heavy (non-hydrogen) atoms. The van der Waals surface area contributed by atoms with E-state index in [-0.39, 0.29) is 11.7 Å². The van der Waals surface area contributed by atoms with Crippen LogP contribution in [0.5, 0.6) is 5.75 Å². The fraction of sp³-hybridized carbons (Fsp3) is 0.304. The summed E-state index contributed by atoms with van der Waals surface area (Å²) < 4.78 is 8.28. The Bertz CT molecular complexity index is 1140. The van der Waals surface area contributed by atoms with Crippen LogP contribution in [-0.2, 0) is 7.05 Å². The number of benzene rings is 2. The van der Waals surface area contributed by atoms with Crippen molar-refractivity contribution in [3.63, 3.8) is 0 Å². The molecule has 2 aliphatic heterocycles. The maximum atomic E-state index is 13.0. The van der Waals surface area contributed by atoms with Crippen molar-refractivity contribution in [2.24, 2.45) is 7.05 Å². The first-order chi connectivity index (χ1) is 13.9. The zero-order chi connectivity index (χ0) is 20.2. The third-order valence-electron chi connectivity index (χ3n) is 6.15. The molecule has 0 atom stereocenters. The molecule has 0 N–H and O–H groups in total. The van der Waals surface area contributed by atoms with Gasteiger partial charge >= 0.3 is 0 Å². The summed E-state index contributed by atoms with van der Waals surface area (Å²) in [6.07, 6.45) is 3.60. The number of Topliss-reactive ketones (excluding diaryl/α,β-unsaturated/α-hetero) is 1. The number of halogens is 1. The molecule has 3 aromatic rings. The van der Waals surface area contributed by atoms with Crippen LogP contribution in [0.3, 0.4) is 0 Å². The second-order valence-electron chi connectivity index (χ2n) is 8.02. The minimum absolute atomic E-state index is 0.0252. The lowest BCUT2D eigenvalue weighted by atomic mass is 9.82. The molecule has 6 heteroatoms. The van der Waals surface area contributed by atoms with Gasteiger partial charge in [-0.05, 0) is 41.8 Å². The lowest BCUT2D eigenvalue weighted by molar-refractivity contribution is -0.00570. The number of carbonyl (C=O) groups is 2. The van der Waals surface area contributed by atoms with E-state index >= 15 is 0 Å². The van der Waals surface area contributed by atoms with E-state index in [1.54, 1.807) is 18.2 Å². The number of piperidine rings is 1. The summed E-state index contributed by atoms with van der Waals surface area (Å²) in [7, 11) is 1.98. The number of aromatic nitrogens is 1. The Morgan fingerprint density at radius 1 is 1.10 bits per heavy atom. The summed E-state index contributed by atoms with van der Waals surface area (Å²) in [5.74, 6) is 0.680. The third kappa shape index (κ3) is 3.10. The molecule has 5 rings (SSSR count). The van der Waals surface area contributed by atoms with Crippen LogP contribution in [0.15, 0.2) is 48.7 Å². The quantitative estimate of drug-likeness (QED) is 0.596. The number of aryl methyl sites for hydroxylation is 1. The van der Waals surface area contributed by atoms with Crippen LogP contribution in [-0.4, -0.2) is 39.8 Å². The van der Waals surface area contributed by atoms with Crippen molar-refractivity contribution < 1.29 is 14.3 Å². The number of hydrogen-bond donors (Lipinski definition) is 0. The monoisotopic (exact) mass is 408 g/mol. The van der Waals surface area contributed by atoms with Gasteiger partial charge in [-0.15, -0.1) is 0 Å². The summed E-state index contributed by atoms with van der Waals surface area (Å²) >= 11 is 6.02. The SMILES string of the molecule is Cn1ccc2ccc(C(=O)N3CCC4(CC3)CC(=O)c3cc(Cl)ccc3O4)cc21. The van der Waals surface area contributed by atoms with E-state index in [1.807, 2.05) is 47.0 Å². The maximum absolute atomic E-state index is 13.0. The van der Waals surface area contributed by atoms with Crippen LogP contribution >= 0.6 is 11.6 Å². The number of ketones is 1. The van der Waals surface area contributed by atoms with Crippen LogP contribution in [0.1, 0.15) is 40.0 Å². The van der Waals surface area contributed by atoms with Crippen LogP contribution in [0.25, 0.3) is 10.9 Å². The van der Waals surface area contributed by atoms with Gasteiger partial charge in [-0.25, -0.2) is 0 Å². The Morgan fingerprint density at radius 3 is 2.69 bits per heavy atom. The second kappa shape index (κ2) is 6.63. The molecular weight excluding hydrogens is 388 g/mol. The fourth-order valence-corrected chi connectivity index (χ4v) is 4.61. The van der Waals surface area contributed by atoms with Gasteiger partial charge in [0.05, 0.1) is 12.0 Å². The average molecular weight is 409 g/mol. The van der Waals surface area contributed by atoms with Crippen molar-refractivity contribution in [1.29, 1.82) is 0 Å². The molecule has 0 bridgehead atoms. The topological polar surface area (TPSA) is 51.5 Å². The third-order valence-corrected chi connectivity index (χ3v) is 6.38. The highest BCUT2D eigenvalue weighted by atomic mass is 35.5. The Hall–Kier alpha value is -2.79. The molecule has 0 saturated carbocycles. The van der Waals surface area contributed by atoms with E-state index in [1.165, 1.54) is 0 Å². The first kappa shape index (κ1) is 18.3. The van der Waals surface area contributed by atoms with E-state index in [2.05, 4.69) is 0 Å². The molecule has 5 nitrogen and oxygen atoms in total. The molecule has 148 valence electrons. The van der Waals surface area contributed by atoms with E-state index < -0.39 is 5.60 Å². The number of ether oxygens (including phenoxy) is 1. The van der Waals surface area contributed by atoms with Crippen molar-refractivity contribution in [1.82, 2.24) is 9.47 Å². The van der Waals surface area contributed by atoms with Gasteiger partial charge in [-0.2, -0.15) is 0 Å². The van der Waals surface area contributed by atoms with Gasteiger partial charge in [-0.3, -0.25) is 9.59 Å². The highest BCUT2D eigenvalue weighted by Crippen LogP contribution is 2.40. The maximum Gasteiger partial charge on any atom is 0.253 e. The van der Waals surface area contributed by atoms with Gasteiger partial charge in [-0.1, -0.05) is 17.7 Å². The lowest BCUT2D eigenvalue weighted by Gasteiger charge is -2.44. The average Bonchev–Trinajstić information content (AvgIpc) is 3.09. The molecule has 3 heterocycles. The molecule has 2 aliphatic rings. The number of rotatable bonds is 1. The second-order valence-corrected chi connectivity index (χ2v) is 8.45. The summed E-state index contributed by atoms with van der Waals surface area (Å²) in [6, 6.07) is 13.0. The highest BCUT2D eigenvalue weighted by Gasteiger charge is 2.43. The van der Waals surface area contributed by atoms with E-state index in [9.17, 15) is 9.59 Å². The Labute approximate surface area is 173 Å². The predicted molar refractivity (Wildman–Crippen MR) is 112 cm³/mol. The van der Waals surface area contributed by atoms with Gasteiger partial charge in [0.15, 0.2) is 5.78 Å². The number of carbonyl (C=O) groups excluding carboxylic acids is 2. The molecule has 0 radical (unpaired) electrons. The Balaban J connectivity index is 1.33. The van der Waals surface area contributed by atoms with Gasteiger partial charge in [0.2, 0.25) is 0 Å². The molecule has 2 aromatic carbocycles. The van der Waals surface area contributed by atoms with Crippen LogP contribution in [0.4, 0.5) is 0 Å². The number of nitrogens with zero attached hydrogens (tertiary/aromatic N) is 2. The Morgan fingerprint density at radius 2 is 1.90 bits per heavy atom. The summed E-state index contributed by atoms with van der Waals surface area (Å²) in [6.45, 7) is 1.14. The lowest BCUT2D eigenvalue weighted by Crippen LogP contribution is -2.52. The predicted octanol–water partition coefficient (Wildman–Crippen LogP) is 4.47. The standard InChI is InChI=1S/C23H21ClN2O3/c1-25-9-6-15-2-3-16(12-19(15)25)22(28)26-10-7-23(8-11-26)14-20(27)18-13-17(24)4-5-21(18)29-23/h2-6,9,12-13H,7-8,10-11,14H2,1H3. The smallest absolute Gasteiger partial charge is 0.253 e. The normalized spacial score (nSPS) is 18.0. The first-order valence-corrected chi connectivity index (χ1v) is 10.2. The van der Waals surface area contributed by atoms with Crippen LogP contribution in [0, 0.1) is 0 Å². The molecule has 1 spiro atoms. The minimum atomic E-state index is -0.531. The fourth-order valence-electron chi connectivity index (χ4n) is 4.44. The van der Waals surface area contributed by atoms with Crippen LogP contribution in [0.2, 0.25) is 5.02 Å². The number of hydrogen-bond acceptors (Lipinski definition) is 3. The number of amides is 1. The molecule has 1 amide bonds. The van der Waals surface area contributed by atoms with Crippen molar-refractivity contribution in [2.75, 3.05) is 13.1 Å². The zero-order valence-corrected chi connectivity index (χ0v) is 16.9. The van der Waals surface area contributed by atoms with Gasteiger partial charge in [0.1, 0.15) is 11.4 Å². The first-order valence-electron chi connectivity index (χ1n) is 9.80. The van der Waals surface area contributed by atoms with E-state index in [0.717, 1.165) is 10.9 Å². The van der Waals surface area contributed by atoms with E-state index in [0.29, 0.717) is 54.3 Å². The van der Waals surface area contributed by atoms with Crippen molar-refractivity contribution in [3.8, 4) is 5.75 Å². The van der Waals surface area contributed by atoms with Gasteiger partial charge < -0.3 is 14.2 Å². The molecule has 0 unspecified atom stereocenters. The van der Waals surface area contributed by atoms with Gasteiger partial charge in [0, 0.05) is 55.3 Å². The molecule has 1 fully saturated rings. The number of fused-ring (bicyclic) bond motifs is 2. The van der Waals surface area contributed by atoms with Crippen molar-refractivity contribution in [2.45, 2.75) is 24.9 Å². The number of likely N-dealkylation sites (tertiary alicyclic amines) is 1. The summed E-state index contributed by atoms with van der Waals surface area (Å²) in [5.41, 5.74) is 1.76. The Kier molecular flexibility index (Phi) is 4.17. The largest absolute Gasteiger partial charge is 0.486 e. The van der Waals surface area contributed by atoms with Crippen molar-refractivity contribution >= 4 is 34.2 Å². The summed E-state index contributed by atoms with van der Waals surface area (Å²) in [5, 5.41) is 1.65. The zero-order valence-electron chi connectivity index (χ0n) is 16.2. The molecular formula is C23H21ClN2O3. The molecule has 1 aromatic heterocycles. The highest BCUT2D eigenvalue weighted by molar-refractivity contribution is 6.31. The minimum Gasteiger partial charge on any atom is -0.486 e.